The van der Waals surface area contributed by atoms with Crippen molar-refractivity contribution in [1.82, 2.24) is 5.32 Å². The Morgan fingerprint density at radius 2 is 1.87 bits per heavy atom. The molecule has 0 saturated carbocycles. The smallest absolute Gasteiger partial charge is 0.257 e. The molecule has 160 valence electrons. The van der Waals surface area contributed by atoms with Crippen LogP contribution in [0.15, 0.2) is 40.9 Å². The molecule has 0 aromatic heterocycles. The summed E-state index contributed by atoms with van der Waals surface area (Å²) in [5, 5.41) is 8.58. The van der Waals surface area contributed by atoms with Gasteiger partial charge in [0.2, 0.25) is 5.91 Å². The molecule has 7 nitrogen and oxygen atoms in total. The Hall–Kier alpha value is -2.49. The number of ether oxygens (including phenoxy) is 2. The average Bonchev–Trinajstić information content (AvgIpc) is 2.71. The molecule has 30 heavy (non-hydrogen) atoms. The van der Waals surface area contributed by atoms with Crippen LogP contribution in [0.5, 0.6) is 5.75 Å². The molecule has 9 heteroatoms. The minimum atomic E-state index is -0.358. The number of amides is 2. The Balaban J connectivity index is 1.99. The van der Waals surface area contributed by atoms with Crippen molar-refractivity contribution in [2.24, 2.45) is 0 Å². The number of hydrogen-bond acceptors (Lipinski definition) is 5. The standard InChI is InChI=1S/C21H24BrN3O4S/c1-4-19(26)24-17-12-15(7-5-13(17)2)23-21(30)25-20(27)14-6-8-18(16(22)11-14)29-10-9-28-3/h5-8,11-12H,4,9-10H2,1-3H3,(H,24,26)(H2,23,25,27,30). The van der Waals surface area contributed by atoms with Gasteiger partial charge >= 0.3 is 0 Å². The number of thiocarbonyl (C=S) groups is 1. The number of anilines is 2. The molecule has 2 aromatic carbocycles. The predicted octanol–water partition coefficient (Wildman–Crippen LogP) is 4.26. The molecule has 0 bridgehead atoms. The third kappa shape index (κ3) is 7.08. The van der Waals surface area contributed by atoms with Crippen LogP contribution in [0, 0.1) is 6.92 Å². The van der Waals surface area contributed by atoms with Gasteiger partial charge in [0.15, 0.2) is 5.11 Å². The molecule has 0 spiro atoms. The second-order valence-electron chi connectivity index (χ2n) is 6.33. The highest BCUT2D eigenvalue weighted by molar-refractivity contribution is 9.10. The summed E-state index contributed by atoms with van der Waals surface area (Å²) in [5.41, 5.74) is 2.69. The summed E-state index contributed by atoms with van der Waals surface area (Å²) >= 11 is 8.65. The lowest BCUT2D eigenvalue weighted by Gasteiger charge is -2.13. The molecule has 0 unspecified atom stereocenters. The Morgan fingerprint density at radius 3 is 2.53 bits per heavy atom. The molecular formula is C21H24BrN3O4S. The number of methoxy groups -OCH3 is 1. The van der Waals surface area contributed by atoms with Gasteiger partial charge < -0.3 is 20.1 Å². The predicted molar refractivity (Wildman–Crippen MR) is 125 cm³/mol. The van der Waals surface area contributed by atoms with Crippen LogP contribution in [0.3, 0.4) is 0 Å². The zero-order chi connectivity index (χ0) is 22.1. The van der Waals surface area contributed by atoms with E-state index in [4.69, 9.17) is 21.7 Å². The number of aryl methyl sites for hydroxylation is 1. The van der Waals surface area contributed by atoms with E-state index in [0.717, 1.165) is 5.56 Å². The minimum absolute atomic E-state index is 0.0775. The van der Waals surface area contributed by atoms with Crippen molar-refractivity contribution in [2.75, 3.05) is 31.0 Å². The first-order valence-corrected chi connectivity index (χ1v) is 10.5. The Morgan fingerprint density at radius 1 is 1.10 bits per heavy atom. The first kappa shape index (κ1) is 23.8. The van der Waals surface area contributed by atoms with Crippen LogP contribution < -0.4 is 20.7 Å². The maximum atomic E-state index is 12.5. The molecule has 0 aliphatic heterocycles. The third-order valence-corrected chi connectivity index (χ3v) is 4.88. The number of carbonyl (C=O) groups excluding carboxylic acids is 2. The molecule has 2 rings (SSSR count). The van der Waals surface area contributed by atoms with Crippen LogP contribution in [-0.4, -0.2) is 37.3 Å². The van der Waals surface area contributed by atoms with E-state index in [-0.39, 0.29) is 16.9 Å². The summed E-state index contributed by atoms with van der Waals surface area (Å²) in [7, 11) is 1.60. The first-order chi connectivity index (χ1) is 14.3. The quantitative estimate of drug-likeness (QED) is 0.376. The molecule has 2 amide bonds. The number of rotatable bonds is 8. The topological polar surface area (TPSA) is 88.7 Å². The molecule has 2 aromatic rings. The van der Waals surface area contributed by atoms with Crippen LogP contribution in [0.2, 0.25) is 0 Å². The van der Waals surface area contributed by atoms with E-state index in [0.29, 0.717) is 46.8 Å². The zero-order valence-corrected chi connectivity index (χ0v) is 19.4. The second kappa shape index (κ2) is 11.6. The van der Waals surface area contributed by atoms with Gasteiger partial charge in [0.1, 0.15) is 12.4 Å². The lowest BCUT2D eigenvalue weighted by molar-refractivity contribution is -0.115. The molecule has 0 atom stereocenters. The van der Waals surface area contributed by atoms with Crippen molar-refractivity contribution < 1.29 is 19.1 Å². The largest absolute Gasteiger partial charge is 0.490 e. The van der Waals surface area contributed by atoms with E-state index in [9.17, 15) is 9.59 Å². The van der Waals surface area contributed by atoms with Gasteiger partial charge in [-0.25, -0.2) is 0 Å². The van der Waals surface area contributed by atoms with Crippen molar-refractivity contribution in [3.05, 3.63) is 52.0 Å². The van der Waals surface area contributed by atoms with E-state index >= 15 is 0 Å². The van der Waals surface area contributed by atoms with Crippen molar-refractivity contribution >= 4 is 56.4 Å². The number of benzene rings is 2. The molecule has 3 N–H and O–H groups in total. The van der Waals surface area contributed by atoms with Gasteiger partial charge in [-0.1, -0.05) is 13.0 Å². The van der Waals surface area contributed by atoms with Crippen molar-refractivity contribution in [2.45, 2.75) is 20.3 Å². The number of nitrogens with one attached hydrogen (secondary N) is 3. The fraction of sp³-hybridized carbons (Fsp3) is 0.286. The molecule has 0 heterocycles. The highest BCUT2D eigenvalue weighted by atomic mass is 79.9. The van der Waals surface area contributed by atoms with E-state index in [2.05, 4.69) is 31.9 Å². The summed E-state index contributed by atoms with van der Waals surface area (Å²) in [4.78, 5) is 24.2. The Labute approximate surface area is 189 Å². The number of carbonyl (C=O) groups is 2. The summed E-state index contributed by atoms with van der Waals surface area (Å²) in [6.07, 6.45) is 0.386. The SMILES string of the molecule is CCC(=O)Nc1cc(NC(=S)NC(=O)c2ccc(OCCOC)c(Br)c2)ccc1C. The molecule has 0 radical (unpaired) electrons. The van der Waals surface area contributed by atoms with Crippen LogP contribution in [0.25, 0.3) is 0 Å². The number of hydrogen-bond donors (Lipinski definition) is 3. The summed E-state index contributed by atoms with van der Waals surface area (Å²) in [6.45, 7) is 4.56. The van der Waals surface area contributed by atoms with E-state index in [1.807, 2.05) is 19.1 Å². The van der Waals surface area contributed by atoms with E-state index in [1.54, 1.807) is 38.3 Å². The van der Waals surface area contributed by atoms with E-state index < -0.39 is 0 Å². The van der Waals surface area contributed by atoms with Crippen molar-refractivity contribution in [3.63, 3.8) is 0 Å². The van der Waals surface area contributed by atoms with Crippen molar-refractivity contribution in [3.8, 4) is 5.75 Å². The Kier molecular flexibility index (Phi) is 9.22. The monoisotopic (exact) mass is 493 g/mol. The summed E-state index contributed by atoms with van der Waals surface area (Å²) in [6, 6.07) is 10.5. The van der Waals surface area contributed by atoms with Crippen LogP contribution in [-0.2, 0) is 9.53 Å². The van der Waals surface area contributed by atoms with Gasteiger partial charge in [0.25, 0.3) is 5.91 Å². The maximum Gasteiger partial charge on any atom is 0.257 e. The second-order valence-corrected chi connectivity index (χ2v) is 7.59. The fourth-order valence-electron chi connectivity index (χ4n) is 2.40. The Bertz CT molecular complexity index is 936. The van der Waals surface area contributed by atoms with Gasteiger partial charge in [0, 0.05) is 30.5 Å². The van der Waals surface area contributed by atoms with Crippen LogP contribution in [0.1, 0.15) is 29.3 Å². The highest BCUT2D eigenvalue weighted by Crippen LogP contribution is 2.26. The van der Waals surface area contributed by atoms with Gasteiger partial charge in [-0.3, -0.25) is 14.9 Å². The van der Waals surface area contributed by atoms with Gasteiger partial charge in [-0.2, -0.15) is 0 Å². The molecule has 0 aliphatic carbocycles. The zero-order valence-electron chi connectivity index (χ0n) is 17.0. The van der Waals surface area contributed by atoms with Crippen LogP contribution in [0.4, 0.5) is 11.4 Å². The first-order valence-electron chi connectivity index (χ1n) is 9.28. The van der Waals surface area contributed by atoms with E-state index in [1.165, 1.54) is 0 Å². The van der Waals surface area contributed by atoms with Crippen LogP contribution >= 0.6 is 28.1 Å². The highest BCUT2D eigenvalue weighted by Gasteiger charge is 2.12. The summed E-state index contributed by atoms with van der Waals surface area (Å²) < 4.78 is 11.2. The fourth-order valence-corrected chi connectivity index (χ4v) is 3.11. The minimum Gasteiger partial charge on any atom is -0.490 e. The molecule has 0 saturated heterocycles. The van der Waals surface area contributed by atoms with Gasteiger partial charge in [-0.05, 0) is 71.0 Å². The lowest BCUT2D eigenvalue weighted by Crippen LogP contribution is -2.34. The molecule has 0 fully saturated rings. The van der Waals surface area contributed by atoms with Crippen molar-refractivity contribution in [1.29, 1.82) is 0 Å². The molecular weight excluding hydrogens is 470 g/mol. The third-order valence-electron chi connectivity index (χ3n) is 4.06. The normalized spacial score (nSPS) is 10.3. The maximum absolute atomic E-state index is 12.5. The van der Waals surface area contributed by atoms with Gasteiger partial charge in [-0.15, -0.1) is 0 Å². The van der Waals surface area contributed by atoms with Gasteiger partial charge in [0.05, 0.1) is 11.1 Å². The number of halogens is 1. The summed E-state index contributed by atoms with van der Waals surface area (Å²) in [5.74, 6) is 0.181. The molecule has 0 aliphatic rings. The lowest BCUT2D eigenvalue weighted by atomic mass is 10.1. The average molecular weight is 494 g/mol.